The molecule has 13 heteroatoms. The maximum Gasteiger partial charge on any atom is 0.268 e. The first-order chi connectivity index (χ1) is 20.5. The Morgan fingerprint density at radius 3 is 2.33 bits per heavy atom. The molecule has 1 heterocycles. The zero-order chi connectivity index (χ0) is 31.1. The third kappa shape index (κ3) is 8.18. The van der Waals surface area contributed by atoms with E-state index < -0.39 is 45.0 Å². The van der Waals surface area contributed by atoms with Gasteiger partial charge in [-0.1, -0.05) is 6.92 Å². The number of hydrogen-bond donors (Lipinski definition) is 1. The van der Waals surface area contributed by atoms with E-state index in [1.54, 1.807) is 30.9 Å². The van der Waals surface area contributed by atoms with Gasteiger partial charge in [-0.25, -0.2) is 17.5 Å². The Hall–Kier alpha value is -3.81. The van der Waals surface area contributed by atoms with Gasteiger partial charge < -0.3 is 23.8 Å². The highest BCUT2D eigenvalue weighted by Gasteiger charge is 2.31. The third-order valence-electron chi connectivity index (χ3n) is 6.88. The van der Waals surface area contributed by atoms with E-state index in [2.05, 4.69) is 4.98 Å². The molecule has 0 radical (unpaired) electrons. The number of hydrogen-bond acceptors (Lipinski definition) is 9. The first-order valence-electron chi connectivity index (χ1n) is 13.8. The monoisotopic (exact) mass is 619 g/mol. The number of ether oxygens (including phenoxy) is 4. The molecule has 10 nitrogen and oxygen atoms in total. The van der Waals surface area contributed by atoms with Crippen molar-refractivity contribution >= 4 is 15.9 Å². The fourth-order valence-electron chi connectivity index (χ4n) is 4.25. The molecule has 43 heavy (non-hydrogen) atoms. The Morgan fingerprint density at radius 2 is 1.72 bits per heavy atom. The number of aromatic nitrogens is 1. The Labute approximate surface area is 250 Å². The summed E-state index contributed by atoms with van der Waals surface area (Å²) in [5.74, 6) is -3.74. The lowest BCUT2D eigenvalue weighted by molar-refractivity contribution is -0.0382. The van der Waals surface area contributed by atoms with Crippen molar-refractivity contribution in [3.63, 3.8) is 0 Å². The van der Waals surface area contributed by atoms with Crippen LogP contribution in [0.15, 0.2) is 59.6 Å². The second-order valence-corrected chi connectivity index (χ2v) is 12.0. The summed E-state index contributed by atoms with van der Waals surface area (Å²) in [4.78, 5) is 18.7. The van der Waals surface area contributed by atoms with Crippen LogP contribution in [-0.4, -0.2) is 70.8 Å². The minimum atomic E-state index is -4.38. The largest absolute Gasteiger partial charge is 0.492 e. The van der Waals surface area contributed by atoms with Gasteiger partial charge in [0.25, 0.3) is 15.9 Å². The number of nitrogens with one attached hydrogen (secondary N) is 1. The Kier molecular flexibility index (Phi) is 10.5. The average Bonchev–Trinajstić information content (AvgIpc) is 2.95. The van der Waals surface area contributed by atoms with Gasteiger partial charge in [0.1, 0.15) is 30.3 Å². The van der Waals surface area contributed by atoms with Gasteiger partial charge >= 0.3 is 0 Å². The summed E-state index contributed by atoms with van der Waals surface area (Å²) >= 11 is 0. The maximum absolute atomic E-state index is 15.0. The number of benzene rings is 2. The molecule has 1 amide bonds. The quantitative estimate of drug-likeness (QED) is 0.278. The summed E-state index contributed by atoms with van der Waals surface area (Å²) in [7, 11) is 1.06. The maximum atomic E-state index is 15.0. The van der Waals surface area contributed by atoms with Crippen LogP contribution < -0.4 is 18.9 Å². The Morgan fingerprint density at radius 1 is 1.02 bits per heavy atom. The minimum Gasteiger partial charge on any atom is -0.492 e. The first-order valence-corrected chi connectivity index (χ1v) is 15.2. The molecule has 0 aliphatic heterocycles. The number of nitrogens with zero attached hydrogens (tertiary/aromatic N) is 2. The number of halogens is 2. The molecule has 0 unspecified atom stereocenters. The molecule has 4 rings (SSSR count). The van der Waals surface area contributed by atoms with Gasteiger partial charge in [-0.05, 0) is 69.0 Å². The van der Waals surface area contributed by atoms with E-state index in [0.717, 1.165) is 25.0 Å². The standard InChI is InChI=1S/C30H35F2N3O7S/c1-5-26(25-12-8-20(18-33-25)41-22-16-21(17-22)39-4)42-27-13-11-24(28(31)29(27)32)30(36)34-43(37,38)23-9-6-19(7-10-23)40-15-14-35(2)3/h6-13,18,21-22,26H,5,14-17H2,1-4H3,(H,34,36)/t21?,22?,26-/m1/s1. The van der Waals surface area contributed by atoms with Crippen LogP contribution in [0, 0.1) is 11.6 Å². The molecule has 1 aliphatic rings. The van der Waals surface area contributed by atoms with Crippen molar-refractivity contribution in [2.75, 3.05) is 34.4 Å². The normalized spacial score (nSPS) is 17.2. The van der Waals surface area contributed by atoms with Gasteiger partial charge in [0.05, 0.1) is 28.5 Å². The molecule has 2 aromatic carbocycles. The average molecular weight is 620 g/mol. The van der Waals surface area contributed by atoms with E-state index in [1.165, 1.54) is 30.5 Å². The minimum absolute atomic E-state index is 0.0526. The highest BCUT2D eigenvalue weighted by Crippen LogP contribution is 2.31. The summed E-state index contributed by atoms with van der Waals surface area (Å²) < 4.78 is 79.5. The molecule has 3 aromatic rings. The number of amides is 1. The fourth-order valence-corrected chi connectivity index (χ4v) is 5.22. The van der Waals surface area contributed by atoms with Gasteiger partial charge in [-0.15, -0.1) is 0 Å². The molecular weight excluding hydrogens is 584 g/mol. The number of likely N-dealkylation sites (N-methyl/N-ethyl adjacent to an activating group) is 1. The van der Waals surface area contributed by atoms with Crippen molar-refractivity contribution < 1.29 is 40.9 Å². The van der Waals surface area contributed by atoms with Crippen LogP contribution in [0.5, 0.6) is 17.2 Å². The van der Waals surface area contributed by atoms with E-state index in [4.69, 9.17) is 18.9 Å². The summed E-state index contributed by atoms with van der Waals surface area (Å²) in [5.41, 5.74) is -0.323. The van der Waals surface area contributed by atoms with Crippen LogP contribution in [0.4, 0.5) is 8.78 Å². The molecule has 1 saturated carbocycles. The van der Waals surface area contributed by atoms with Crippen molar-refractivity contribution in [1.29, 1.82) is 0 Å². The molecule has 0 saturated heterocycles. The number of carbonyl (C=O) groups excluding carboxylic acids is 1. The second-order valence-electron chi connectivity index (χ2n) is 10.3. The number of pyridine rings is 1. The summed E-state index contributed by atoms with van der Waals surface area (Å²) in [6.07, 6.45) is 3.04. The number of rotatable bonds is 14. The highest BCUT2D eigenvalue weighted by atomic mass is 32.2. The first kappa shape index (κ1) is 32.1. The predicted octanol–water partition coefficient (Wildman–Crippen LogP) is 4.51. The molecule has 0 spiro atoms. The molecule has 232 valence electrons. The topological polar surface area (TPSA) is 116 Å². The third-order valence-corrected chi connectivity index (χ3v) is 8.22. The number of carbonyl (C=O) groups is 1. The molecule has 1 aromatic heterocycles. The van der Waals surface area contributed by atoms with Gasteiger partial charge in [0, 0.05) is 26.5 Å². The lowest BCUT2D eigenvalue weighted by atomic mass is 9.92. The SMILES string of the molecule is CC[C@@H](Oc1ccc(C(=O)NS(=O)(=O)c2ccc(OCCN(C)C)cc2)c(F)c1F)c1ccc(OC2CC(OC)C2)cn1. The zero-order valence-electron chi connectivity index (χ0n) is 24.4. The predicted molar refractivity (Wildman–Crippen MR) is 154 cm³/mol. The van der Waals surface area contributed by atoms with Crippen molar-refractivity contribution in [2.45, 2.75) is 49.4 Å². The van der Waals surface area contributed by atoms with Crippen molar-refractivity contribution in [3.8, 4) is 17.2 Å². The molecule has 1 atom stereocenters. The smallest absolute Gasteiger partial charge is 0.268 e. The lowest BCUT2D eigenvalue weighted by Gasteiger charge is -2.34. The van der Waals surface area contributed by atoms with E-state index in [9.17, 15) is 17.6 Å². The number of methoxy groups -OCH3 is 1. The fraction of sp³-hybridized carbons (Fsp3) is 0.400. The van der Waals surface area contributed by atoms with E-state index in [0.29, 0.717) is 36.8 Å². The molecule has 1 fully saturated rings. The van der Waals surface area contributed by atoms with Crippen LogP contribution in [0.2, 0.25) is 0 Å². The lowest BCUT2D eigenvalue weighted by Crippen LogP contribution is -2.38. The van der Waals surface area contributed by atoms with Crippen molar-refractivity contribution in [2.24, 2.45) is 0 Å². The van der Waals surface area contributed by atoms with Gasteiger partial charge in [-0.2, -0.15) is 4.39 Å². The van der Waals surface area contributed by atoms with E-state index >= 15 is 4.39 Å². The second kappa shape index (κ2) is 14.1. The van der Waals surface area contributed by atoms with Crippen LogP contribution in [-0.2, 0) is 14.8 Å². The molecular formula is C30H35F2N3O7S. The van der Waals surface area contributed by atoms with Crippen molar-refractivity contribution in [3.05, 3.63) is 77.6 Å². The molecule has 0 bridgehead atoms. The van der Waals surface area contributed by atoms with Crippen molar-refractivity contribution in [1.82, 2.24) is 14.6 Å². The molecule has 1 aliphatic carbocycles. The Balaban J connectivity index is 1.39. The summed E-state index contributed by atoms with van der Waals surface area (Å²) in [5, 5.41) is 0. The number of sulfonamides is 1. The van der Waals surface area contributed by atoms with Crippen LogP contribution >= 0.6 is 0 Å². The molecule has 1 N–H and O–H groups in total. The highest BCUT2D eigenvalue weighted by molar-refractivity contribution is 7.90. The van der Waals surface area contributed by atoms with E-state index in [1.807, 2.05) is 19.0 Å². The van der Waals surface area contributed by atoms with Gasteiger partial charge in [-0.3, -0.25) is 9.78 Å². The summed E-state index contributed by atoms with van der Waals surface area (Å²) in [6, 6.07) is 10.8. The van der Waals surface area contributed by atoms with Crippen LogP contribution in [0.25, 0.3) is 0 Å². The van der Waals surface area contributed by atoms with Gasteiger partial charge in [0.2, 0.25) is 5.82 Å². The van der Waals surface area contributed by atoms with Crippen LogP contribution in [0.3, 0.4) is 0 Å². The summed E-state index contributed by atoms with van der Waals surface area (Å²) in [6.45, 7) is 2.85. The van der Waals surface area contributed by atoms with Gasteiger partial charge in [0.15, 0.2) is 11.6 Å². The van der Waals surface area contributed by atoms with E-state index in [-0.39, 0.29) is 17.1 Å². The zero-order valence-corrected chi connectivity index (χ0v) is 25.2. The Bertz CT molecular complexity index is 1500. The van der Waals surface area contributed by atoms with Crippen LogP contribution in [0.1, 0.15) is 48.3 Å².